The van der Waals surface area contributed by atoms with E-state index in [1.807, 2.05) is 0 Å². The van der Waals surface area contributed by atoms with Crippen molar-refractivity contribution in [1.29, 1.82) is 0 Å². The Morgan fingerprint density at radius 3 is 2.47 bits per heavy atom. The molecule has 0 saturated carbocycles. The van der Waals surface area contributed by atoms with Crippen LogP contribution < -0.4 is 0 Å². The number of carbonyl (C=O) groups excluding carboxylic acids is 1. The Balaban J connectivity index is 3.54. The average molecular weight is 269 g/mol. The van der Waals surface area contributed by atoms with Gasteiger partial charge >= 0.3 is 5.97 Å². The van der Waals surface area contributed by atoms with Crippen molar-refractivity contribution in [3.05, 3.63) is 29.3 Å². The number of carbonyl (C=O) groups is 1. The fraction of sp³-hybridized carbons (Fsp3) is 0.125. The lowest BCUT2D eigenvalue weighted by Gasteiger charge is -2.06. The van der Waals surface area contributed by atoms with Crippen LogP contribution >= 0.6 is 22.5 Å². The standard InChI is InChI=1S/C8H6Cl2O4S/c1-5-3-2-4-6(8(11)14-9)7(5)15(10,12)13/h2-4H,1H3. The molecule has 0 aliphatic carbocycles. The summed E-state index contributed by atoms with van der Waals surface area (Å²) in [6, 6.07) is 4.29. The van der Waals surface area contributed by atoms with Crippen LogP contribution in [-0.2, 0) is 13.3 Å². The Morgan fingerprint density at radius 1 is 1.40 bits per heavy atom. The van der Waals surface area contributed by atoms with Gasteiger partial charge in [-0.15, -0.1) is 0 Å². The van der Waals surface area contributed by atoms with Crippen LogP contribution in [0.3, 0.4) is 0 Å². The van der Waals surface area contributed by atoms with Crippen molar-refractivity contribution < 1.29 is 17.5 Å². The summed E-state index contributed by atoms with van der Waals surface area (Å²) in [6.45, 7) is 1.51. The summed E-state index contributed by atoms with van der Waals surface area (Å²) in [5.41, 5.74) is 0.171. The zero-order valence-electron chi connectivity index (χ0n) is 7.53. The largest absolute Gasteiger partial charge is 0.357 e. The smallest absolute Gasteiger partial charge is 0.343 e. The molecule has 4 nitrogen and oxygen atoms in total. The highest BCUT2D eigenvalue weighted by atomic mass is 35.7. The first-order valence-corrected chi connectivity index (χ1v) is 6.37. The third-order valence-corrected chi connectivity index (χ3v) is 3.38. The van der Waals surface area contributed by atoms with E-state index in [2.05, 4.69) is 4.29 Å². The Kier molecular flexibility index (Phi) is 3.59. The summed E-state index contributed by atoms with van der Waals surface area (Å²) in [5.74, 6) is -0.959. The molecule has 1 rings (SSSR count). The molecule has 82 valence electrons. The quantitative estimate of drug-likeness (QED) is 0.772. The first-order valence-electron chi connectivity index (χ1n) is 3.75. The summed E-state index contributed by atoms with van der Waals surface area (Å²) in [7, 11) is 1.18. The van der Waals surface area contributed by atoms with Gasteiger partial charge in [0.25, 0.3) is 9.05 Å². The maximum atomic E-state index is 11.2. The van der Waals surface area contributed by atoms with Crippen molar-refractivity contribution >= 4 is 37.6 Å². The van der Waals surface area contributed by atoms with Crippen molar-refractivity contribution in [3.63, 3.8) is 0 Å². The summed E-state index contributed by atoms with van der Waals surface area (Å²) in [4.78, 5) is 10.9. The van der Waals surface area contributed by atoms with Gasteiger partial charge in [-0.3, -0.25) is 0 Å². The van der Waals surface area contributed by atoms with Crippen molar-refractivity contribution in [2.45, 2.75) is 11.8 Å². The van der Waals surface area contributed by atoms with E-state index >= 15 is 0 Å². The number of hydrogen-bond acceptors (Lipinski definition) is 4. The molecule has 0 fully saturated rings. The van der Waals surface area contributed by atoms with E-state index in [0.29, 0.717) is 5.56 Å². The molecule has 0 radical (unpaired) electrons. The molecular formula is C8H6Cl2O4S. The molecule has 0 spiro atoms. The van der Waals surface area contributed by atoms with Crippen molar-refractivity contribution in [2.75, 3.05) is 0 Å². The minimum atomic E-state index is -4.01. The molecule has 7 heteroatoms. The minimum Gasteiger partial charge on any atom is -0.343 e. The first-order chi connectivity index (χ1) is 6.88. The van der Waals surface area contributed by atoms with Crippen molar-refractivity contribution in [2.24, 2.45) is 0 Å². The first kappa shape index (κ1) is 12.3. The van der Waals surface area contributed by atoms with Crippen LogP contribution in [0.2, 0.25) is 0 Å². The lowest BCUT2D eigenvalue weighted by molar-refractivity contribution is 0.0747. The molecule has 1 aromatic carbocycles. The molecule has 0 unspecified atom stereocenters. The molecule has 0 bridgehead atoms. The maximum absolute atomic E-state index is 11.2. The van der Waals surface area contributed by atoms with Gasteiger partial charge in [-0.05, 0) is 18.6 Å². The van der Waals surface area contributed by atoms with Crippen LogP contribution in [-0.4, -0.2) is 14.4 Å². The van der Waals surface area contributed by atoms with Crippen molar-refractivity contribution in [3.8, 4) is 0 Å². The summed E-state index contributed by atoms with van der Waals surface area (Å²) < 4.78 is 26.4. The van der Waals surface area contributed by atoms with E-state index in [0.717, 1.165) is 0 Å². The Morgan fingerprint density at radius 2 is 2.00 bits per heavy atom. The van der Waals surface area contributed by atoms with Gasteiger partial charge < -0.3 is 4.29 Å². The van der Waals surface area contributed by atoms with Gasteiger partial charge in [0.05, 0.1) is 10.5 Å². The molecule has 15 heavy (non-hydrogen) atoms. The molecule has 0 amide bonds. The monoisotopic (exact) mass is 268 g/mol. The number of halogens is 2. The fourth-order valence-corrected chi connectivity index (χ4v) is 2.74. The second-order valence-corrected chi connectivity index (χ2v) is 5.41. The van der Waals surface area contributed by atoms with E-state index in [1.54, 1.807) is 0 Å². The number of rotatable bonds is 2. The SMILES string of the molecule is Cc1cccc(C(=O)OCl)c1S(=O)(=O)Cl. The minimum absolute atomic E-state index is 0.181. The highest BCUT2D eigenvalue weighted by molar-refractivity contribution is 8.13. The second kappa shape index (κ2) is 4.38. The van der Waals surface area contributed by atoms with Gasteiger partial charge in [0.15, 0.2) is 0 Å². The van der Waals surface area contributed by atoms with Gasteiger partial charge in [-0.2, -0.15) is 0 Å². The Labute approximate surface area is 96.3 Å². The predicted octanol–water partition coefficient (Wildman–Crippen LogP) is 2.23. The zero-order valence-corrected chi connectivity index (χ0v) is 9.86. The molecular weight excluding hydrogens is 263 g/mol. The van der Waals surface area contributed by atoms with Crippen LogP contribution in [0.25, 0.3) is 0 Å². The molecule has 0 aliphatic rings. The van der Waals surface area contributed by atoms with E-state index in [4.69, 9.17) is 22.5 Å². The van der Waals surface area contributed by atoms with Gasteiger partial charge in [-0.1, -0.05) is 12.1 Å². The Hall–Kier alpha value is -0.780. The van der Waals surface area contributed by atoms with Gasteiger partial charge in [0, 0.05) is 10.7 Å². The topological polar surface area (TPSA) is 60.4 Å². The van der Waals surface area contributed by atoms with Gasteiger partial charge in [0.2, 0.25) is 0 Å². The zero-order chi connectivity index (χ0) is 11.6. The lowest BCUT2D eigenvalue weighted by atomic mass is 10.1. The number of hydrogen-bond donors (Lipinski definition) is 0. The molecule has 0 aromatic heterocycles. The highest BCUT2D eigenvalue weighted by Crippen LogP contribution is 2.24. The summed E-state index contributed by atoms with van der Waals surface area (Å²) >= 11 is 4.87. The average Bonchev–Trinajstić information content (AvgIpc) is 2.14. The lowest BCUT2D eigenvalue weighted by Crippen LogP contribution is -2.07. The van der Waals surface area contributed by atoms with E-state index < -0.39 is 15.0 Å². The Bertz CT molecular complexity index is 495. The van der Waals surface area contributed by atoms with Crippen molar-refractivity contribution in [1.82, 2.24) is 0 Å². The van der Waals surface area contributed by atoms with E-state index in [9.17, 15) is 13.2 Å². The van der Waals surface area contributed by atoms with E-state index in [-0.39, 0.29) is 10.5 Å². The molecule has 0 saturated heterocycles. The van der Waals surface area contributed by atoms with Crippen LogP contribution in [0.5, 0.6) is 0 Å². The van der Waals surface area contributed by atoms with E-state index in [1.165, 1.54) is 25.1 Å². The maximum Gasteiger partial charge on any atom is 0.357 e. The van der Waals surface area contributed by atoms with Gasteiger partial charge in [-0.25, -0.2) is 13.2 Å². The van der Waals surface area contributed by atoms with Gasteiger partial charge in [0.1, 0.15) is 11.9 Å². The summed E-state index contributed by atoms with van der Waals surface area (Å²) in [6.07, 6.45) is 0. The van der Waals surface area contributed by atoms with Crippen LogP contribution in [0.1, 0.15) is 15.9 Å². The number of aryl methyl sites for hydroxylation is 1. The fourth-order valence-electron chi connectivity index (χ4n) is 1.18. The number of benzene rings is 1. The van der Waals surface area contributed by atoms with Crippen LogP contribution in [0.15, 0.2) is 23.1 Å². The normalized spacial score (nSPS) is 11.1. The second-order valence-electron chi connectivity index (χ2n) is 2.75. The third kappa shape index (κ3) is 2.62. The van der Waals surface area contributed by atoms with Crippen LogP contribution in [0, 0.1) is 6.92 Å². The summed E-state index contributed by atoms with van der Waals surface area (Å²) in [5, 5.41) is 0. The van der Waals surface area contributed by atoms with Crippen LogP contribution in [0.4, 0.5) is 0 Å². The molecule has 0 N–H and O–H groups in total. The third-order valence-electron chi connectivity index (χ3n) is 1.75. The predicted molar refractivity (Wildman–Crippen MR) is 55.5 cm³/mol. The molecule has 0 heterocycles. The molecule has 1 aromatic rings. The highest BCUT2D eigenvalue weighted by Gasteiger charge is 2.23. The molecule has 0 aliphatic heterocycles. The molecule has 0 atom stereocenters.